The van der Waals surface area contributed by atoms with Crippen LogP contribution in [0.1, 0.15) is 118 Å². The van der Waals surface area contributed by atoms with Gasteiger partial charge >= 0.3 is 12.7 Å². The Morgan fingerprint density at radius 1 is 0.338 bits per heavy atom. The summed E-state index contributed by atoms with van der Waals surface area (Å²) in [6.45, 7) is 5.10. The summed E-state index contributed by atoms with van der Waals surface area (Å²) in [5.41, 5.74) is 4.01. The Balaban J connectivity index is 0.000000166. The molecular weight excluding hydrogens is 1940 g/mol. The van der Waals surface area contributed by atoms with E-state index in [1.807, 2.05) is 33.7 Å². The molecule has 3 aliphatic rings. The van der Waals surface area contributed by atoms with Crippen LogP contribution in [0, 0.1) is 16.2 Å². The highest BCUT2D eigenvalue weighted by Gasteiger charge is 2.35. The number of alkyl halides is 6. The Morgan fingerprint density at radius 3 is 0.856 bits per heavy atom. The first-order chi connectivity index (χ1) is 66.3. The molecule has 0 spiro atoms. The van der Waals surface area contributed by atoms with E-state index < -0.39 is 71.5 Å². The Labute approximate surface area is 819 Å². The molecule has 3 saturated heterocycles. The number of amidine groups is 4. The van der Waals surface area contributed by atoms with Crippen LogP contribution in [0.3, 0.4) is 0 Å². The summed E-state index contributed by atoms with van der Waals surface area (Å²) in [5, 5.41) is 47.4. The predicted molar refractivity (Wildman–Crippen MR) is 519 cm³/mol. The zero-order valence-corrected chi connectivity index (χ0v) is 78.1. The SMILES string of the molecule is CN=C(c1ccc(C(=O)Nc2ccc(OC(F)(F)F)cc2C(=O)Nc2ccc(Cl)cn2)cc1)N(C)C.COc1cc(Cl)cc(C(=O)Nc2ccc(Cl)cn2)c1NC(=O)c1ccc(C(=N)N2CC2)cc1.COc1cc(Cl)cc(C(=O)Nc2ccc(Cl)cn2)c1NC(=O)c1ccc(C(=N)N2CCC2)cc1.N=C(c1ccc(C(=O)Nc2ccc(OC(F)(F)F)cc2C(=O)Nc2ccc(Cl)cn2)cc1)N1CCC1. The molecule has 716 valence electrons. The predicted octanol–water partition coefficient (Wildman–Crippen LogP) is 19.7. The van der Waals surface area contributed by atoms with Crippen LogP contribution in [-0.2, 0) is 0 Å². The molecule has 0 radical (unpaired) electrons. The van der Waals surface area contributed by atoms with Crippen molar-refractivity contribution in [3.8, 4) is 23.0 Å². The minimum Gasteiger partial charge on any atom is -0.494 e. The van der Waals surface area contributed by atoms with Gasteiger partial charge in [-0.2, -0.15) is 0 Å². The van der Waals surface area contributed by atoms with Crippen LogP contribution in [0.25, 0.3) is 0 Å². The van der Waals surface area contributed by atoms with E-state index in [4.69, 9.17) is 95.3 Å². The van der Waals surface area contributed by atoms with Crippen molar-refractivity contribution in [2.75, 3.05) is 117 Å². The van der Waals surface area contributed by atoms with Crippen LogP contribution in [-0.4, -0.2) is 197 Å². The van der Waals surface area contributed by atoms with Gasteiger partial charge in [-0.05, 0) is 158 Å². The van der Waals surface area contributed by atoms with Gasteiger partial charge in [0, 0.05) is 152 Å². The van der Waals surface area contributed by atoms with E-state index in [1.54, 1.807) is 116 Å². The maximum atomic E-state index is 13.0. The smallest absolute Gasteiger partial charge is 0.494 e. The van der Waals surface area contributed by atoms with Crippen LogP contribution in [0.15, 0.2) is 236 Å². The first-order valence-corrected chi connectivity index (χ1v) is 43.6. The highest BCUT2D eigenvalue weighted by Crippen LogP contribution is 2.38. The van der Waals surface area contributed by atoms with Gasteiger partial charge in [-0.15, -0.1) is 26.3 Å². The van der Waals surface area contributed by atoms with E-state index in [0.29, 0.717) is 60.1 Å². The quantitative estimate of drug-likeness (QED) is 0.0116. The summed E-state index contributed by atoms with van der Waals surface area (Å²) >= 11 is 35.6. The van der Waals surface area contributed by atoms with Crippen LogP contribution in [0.2, 0.25) is 30.1 Å². The fourth-order valence-corrected chi connectivity index (χ4v) is 13.9. The Morgan fingerprint density at radius 2 is 0.612 bits per heavy atom. The maximum absolute atomic E-state index is 13.0. The fraction of sp³-hybridized carbons (Fsp3) is 0.158. The molecule has 7 heterocycles. The third-order valence-corrected chi connectivity index (χ3v) is 21.6. The minimum atomic E-state index is -4.97. The molecule has 0 aliphatic carbocycles. The number of likely N-dealkylation sites (tertiary alicyclic amines) is 2. The topological polar surface area (TPSA) is 418 Å². The Kier molecular flexibility index (Phi) is 34.2. The van der Waals surface area contributed by atoms with Crippen LogP contribution in [0.5, 0.6) is 23.0 Å². The highest BCUT2D eigenvalue weighted by atomic mass is 35.5. The molecule has 8 aromatic carbocycles. The van der Waals surface area contributed by atoms with E-state index in [9.17, 15) is 64.7 Å². The van der Waals surface area contributed by atoms with Crippen molar-refractivity contribution in [1.29, 1.82) is 16.2 Å². The summed E-state index contributed by atoms with van der Waals surface area (Å²) in [6.07, 6.45) is -2.44. The molecule has 3 aliphatic heterocycles. The molecule has 11 N–H and O–H groups in total. The van der Waals surface area contributed by atoms with Crippen molar-refractivity contribution in [3.05, 3.63) is 328 Å². The Hall–Kier alpha value is -15.5. The number of amides is 8. The van der Waals surface area contributed by atoms with Crippen molar-refractivity contribution < 1.29 is 83.6 Å². The van der Waals surface area contributed by atoms with E-state index in [2.05, 4.69) is 76.9 Å². The van der Waals surface area contributed by atoms with E-state index >= 15 is 0 Å². The van der Waals surface area contributed by atoms with Gasteiger partial charge in [0.05, 0.1) is 79.3 Å². The lowest BCUT2D eigenvalue weighted by atomic mass is 10.1. The first-order valence-electron chi connectivity index (χ1n) is 41.3. The molecule has 0 bridgehead atoms. The van der Waals surface area contributed by atoms with Gasteiger partial charge in [0.2, 0.25) is 0 Å². The number of hydrogen-bond acceptors (Lipinski definition) is 20. The molecule has 32 nitrogen and oxygen atoms in total. The lowest BCUT2D eigenvalue weighted by molar-refractivity contribution is -0.275. The summed E-state index contributed by atoms with van der Waals surface area (Å²) in [4.78, 5) is 131. The van der Waals surface area contributed by atoms with E-state index in [1.165, 1.54) is 99.7 Å². The normalized spacial score (nSPS) is 12.3. The van der Waals surface area contributed by atoms with Crippen LogP contribution in [0.4, 0.5) is 72.4 Å². The number of aromatic nitrogens is 4. The molecule has 3 fully saturated rings. The van der Waals surface area contributed by atoms with Crippen molar-refractivity contribution in [3.63, 3.8) is 0 Å². The number of carbonyl (C=O) groups excluding carboxylic acids is 8. The van der Waals surface area contributed by atoms with Gasteiger partial charge in [-0.3, -0.25) is 59.6 Å². The molecule has 44 heteroatoms. The third-order valence-electron chi connectivity index (χ3n) is 20.3. The van der Waals surface area contributed by atoms with E-state index in [-0.39, 0.29) is 101 Å². The average Bonchev–Trinajstić information content (AvgIpc) is 1.71. The van der Waals surface area contributed by atoms with Gasteiger partial charge in [0.1, 0.15) is 69.6 Å². The molecule has 0 unspecified atom stereocenters. The zero-order valence-electron chi connectivity index (χ0n) is 73.6. The molecule has 0 atom stereocenters. The summed E-state index contributed by atoms with van der Waals surface area (Å²) in [6, 6.07) is 50.2. The number of halogens is 12. The molecular formula is C95H80Cl6F6N20O12. The number of methoxy groups -OCH3 is 2. The number of hydrogen-bond donors (Lipinski definition) is 11. The average molecular weight is 2020 g/mol. The number of rotatable bonds is 24. The standard InChI is InChI=1S/C24H21Cl2N5O3.C24H19ClF3N5O3.C24H21ClF3N5O3.C23H19Cl2N5O3/c1-34-19-12-17(26)11-18(24(33)29-20-8-7-16(25)13-28-20)21(19)30-23(32)15-5-3-14(4-6-15)22(27)31-9-2-10-31;25-16-6-9-20(30-13-16)32-23(35)18-12-17(36-24(26,27)28)7-8-19(18)31-22(34)15-4-2-14(3-5-15)21(29)33-10-1-11-33;1-29-21(33(2)3)14-4-6-15(7-5-14)22(34)31-19-10-9-17(36-24(26,27)28)12-18(19)23(35)32-20-11-8-16(25)13-30-20;1-33-18-11-16(25)10-17(23(32)28-19-7-6-15(24)12-27-19)20(18)29-22(31)14-4-2-13(3-5-14)21(26)30-8-9-30/h3-8,11-13,27H,2,9-10H2,1H3,(H,30,32)(H,28,29,33);2-9,12-13,29H,1,10-11H2,(H,31,34)(H,30,32,35);4-13H,1-3H3,(H,31,34)(H,30,32,35);2-7,10-12,26H,8-9H2,1H3,(H,29,31)(H,27,28,32). The number of nitrogens with one attached hydrogen (secondary N) is 11. The number of pyridine rings is 4. The van der Waals surface area contributed by atoms with Crippen molar-refractivity contribution >= 4 is 186 Å². The van der Waals surface area contributed by atoms with Gasteiger partial charge in [-0.25, -0.2) is 19.9 Å². The second-order valence-corrected chi connectivity index (χ2v) is 32.7. The molecule has 4 aromatic heterocycles. The van der Waals surface area contributed by atoms with Crippen molar-refractivity contribution in [2.24, 2.45) is 4.99 Å². The summed E-state index contributed by atoms with van der Waals surface area (Å²) in [5.74, 6) is -2.90. The van der Waals surface area contributed by atoms with E-state index in [0.717, 1.165) is 105 Å². The zero-order chi connectivity index (χ0) is 100. The van der Waals surface area contributed by atoms with Gasteiger partial charge in [0.25, 0.3) is 47.3 Å². The lowest BCUT2D eigenvalue weighted by Gasteiger charge is -2.33. The van der Waals surface area contributed by atoms with Gasteiger partial charge < -0.3 is 81.1 Å². The molecule has 139 heavy (non-hydrogen) atoms. The molecule has 12 aromatic rings. The second-order valence-electron chi connectivity index (χ2n) is 30.1. The number of carbonyl (C=O) groups is 8. The first kappa shape index (κ1) is 102. The van der Waals surface area contributed by atoms with Crippen LogP contribution < -0.4 is 61.5 Å². The number of aliphatic imine (C=N–C) groups is 1. The largest absolute Gasteiger partial charge is 0.573 e. The molecule has 8 amide bonds. The van der Waals surface area contributed by atoms with Crippen molar-refractivity contribution in [2.45, 2.75) is 25.6 Å². The summed E-state index contributed by atoms with van der Waals surface area (Å²) in [7, 11) is 8.15. The second kappa shape index (κ2) is 46.4. The number of ether oxygens (including phenoxy) is 4. The lowest BCUT2D eigenvalue weighted by Crippen LogP contribution is -2.42. The third kappa shape index (κ3) is 28.6. The highest BCUT2D eigenvalue weighted by molar-refractivity contribution is 6.33. The number of nitrogens with zero attached hydrogens (tertiary/aromatic N) is 9. The van der Waals surface area contributed by atoms with Gasteiger partial charge in [0.15, 0.2) is 0 Å². The number of benzene rings is 8. The maximum Gasteiger partial charge on any atom is 0.573 e. The minimum absolute atomic E-state index is 0.0332. The Bertz CT molecular complexity index is 6630. The number of anilines is 8. The summed E-state index contributed by atoms with van der Waals surface area (Å²) < 4.78 is 94.9. The van der Waals surface area contributed by atoms with Gasteiger partial charge in [-0.1, -0.05) is 118 Å². The molecule has 0 saturated carbocycles. The molecule has 15 rings (SSSR count). The van der Waals surface area contributed by atoms with Crippen molar-refractivity contribution in [1.82, 2.24) is 39.5 Å². The van der Waals surface area contributed by atoms with Crippen LogP contribution >= 0.6 is 69.6 Å². The fourth-order valence-electron chi connectivity index (χ4n) is 13.0. The monoisotopic (exact) mass is 2020 g/mol.